The van der Waals surface area contributed by atoms with Crippen LogP contribution >= 0.6 is 7.75 Å². The maximum atomic E-state index is 13.7. The van der Waals surface area contributed by atoms with Gasteiger partial charge in [0, 0.05) is 0 Å². The second-order valence-electron chi connectivity index (χ2n) is 8.43. The molecule has 14 nitrogen and oxygen atoms in total. The molecule has 36 heavy (non-hydrogen) atoms. The van der Waals surface area contributed by atoms with Gasteiger partial charge in [-0.15, -0.1) is 0 Å². The van der Waals surface area contributed by atoms with Gasteiger partial charge in [0.15, 0.2) is 17.7 Å². The number of imidazole rings is 1. The normalized spacial score (nSPS) is 27.6. The quantitative estimate of drug-likeness (QED) is 0.266. The van der Waals surface area contributed by atoms with E-state index in [1.165, 1.54) is 26.7 Å². The van der Waals surface area contributed by atoms with Gasteiger partial charge in [0.1, 0.15) is 41.4 Å². The number of fused-ring (bicyclic) bond motifs is 3. The molecular formula is C21H25N6O8P. The smallest absolute Gasteiger partial charge is 0.459 e. The number of nitrogens with one attached hydrogen (secondary N) is 1. The van der Waals surface area contributed by atoms with E-state index in [1.807, 2.05) is 0 Å². The standard InChI is InChI=1S/C21H25N6O8P/c1-12(20(29)31-2)26-36(30,35-13-6-4-3-5-7-13)33-9-21-8-32-15(16(21)28)19(34-21)27-11-25-14-17(22)23-10-24-18(14)27/h3-7,10-12,15-16,19,28H,8-9H2,1-2H3,(H,26,30)(H2,22,23,24)/t12-,15+,16+,19+,21+,36?/m0/s1. The van der Waals surface area contributed by atoms with Gasteiger partial charge in [0.25, 0.3) is 0 Å². The van der Waals surface area contributed by atoms with Gasteiger partial charge >= 0.3 is 13.7 Å². The summed E-state index contributed by atoms with van der Waals surface area (Å²) in [6, 6.07) is 7.30. The minimum atomic E-state index is -4.16. The van der Waals surface area contributed by atoms with Gasteiger partial charge in [-0.2, -0.15) is 5.09 Å². The van der Waals surface area contributed by atoms with E-state index < -0.39 is 43.8 Å². The maximum absolute atomic E-state index is 13.7. The molecule has 6 atom stereocenters. The summed E-state index contributed by atoms with van der Waals surface area (Å²) in [5.74, 6) is -0.217. The van der Waals surface area contributed by atoms with E-state index in [0.29, 0.717) is 11.2 Å². The fourth-order valence-electron chi connectivity index (χ4n) is 4.17. The van der Waals surface area contributed by atoms with E-state index >= 15 is 0 Å². The number of aliphatic hydroxyl groups excluding tert-OH is 1. The second kappa shape index (κ2) is 9.39. The van der Waals surface area contributed by atoms with E-state index in [2.05, 4.69) is 20.0 Å². The van der Waals surface area contributed by atoms with Crippen LogP contribution in [0.15, 0.2) is 43.0 Å². The lowest BCUT2D eigenvalue weighted by atomic mass is 10.0. The van der Waals surface area contributed by atoms with Crippen molar-refractivity contribution in [1.29, 1.82) is 0 Å². The van der Waals surface area contributed by atoms with Crippen molar-refractivity contribution in [1.82, 2.24) is 24.6 Å². The lowest BCUT2D eigenvalue weighted by Crippen LogP contribution is -2.45. The van der Waals surface area contributed by atoms with Crippen molar-refractivity contribution in [3.05, 3.63) is 43.0 Å². The predicted octanol–water partition coefficient (Wildman–Crippen LogP) is 0.791. The third-order valence-electron chi connectivity index (χ3n) is 6.02. The summed E-state index contributed by atoms with van der Waals surface area (Å²) in [7, 11) is -2.95. The number of anilines is 1. The third-order valence-corrected chi connectivity index (χ3v) is 7.65. The molecule has 2 bridgehead atoms. The first-order chi connectivity index (χ1) is 17.3. The van der Waals surface area contributed by atoms with E-state index in [4.69, 9.17) is 29.0 Å². The zero-order valence-electron chi connectivity index (χ0n) is 19.4. The molecule has 1 aromatic carbocycles. The van der Waals surface area contributed by atoms with E-state index in [9.17, 15) is 14.5 Å². The van der Waals surface area contributed by atoms with Crippen LogP contribution in [0.3, 0.4) is 0 Å². The number of aromatic nitrogens is 4. The van der Waals surface area contributed by atoms with Gasteiger partial charge in [0.2, 0.25) is 0 Å². The molecule has 2 aromatic heterocycles. The Bertz CT molecular complexity index is 1310. The molecule has 192 valence electrons. The lowest BCUT2D eigenvalue weighted by Gasteiger charge is -2.32. The summed E-state index contributed by atoms with van der Waals surface area (Å²) in [4.78, 5) is 24.3. The summed E-state index contributed by atoms with van der Waals surface area (Å²) in [5.41, 5.74) is 5.28. The number of rotatable bonds is 9. The van der Waals surface area contributed by atoms with Crippen LogP contribution in [0.5, 0.6) is 5.75 Å². The molecule has 5 rings (SSSR count). The molecule has 2 saturated heterocycles. The Kier molecular flexibility index (Phi) is 6.41. The van der Waals surface area contributed by atoms with Crippen LogP contribution in [0, 0.1) is 0 Å². The SMILES string of the molecule is COC(=O)[C@H](C)NP(=O)(OC[C@@]12CO[C@@H]([C@H](n3cnc4c(N)ncnc43)O1)[C@H]2O)Oc1ccccc1. The van der Waals surface area contributed by atoms with Crippen molar-refractivity contribution < 1.29 is 37.7 Å². The van der Waals surface area contributed by atoms with Gasteiger partial charge in [0.05, 0.1) is 26.7 Å². The molecule has 2 fully saturated rings. The largest absolute Gasteiger partial charge is 0.468 e. The molecule has 15 heteroatoms. The number of aliphatic hydroxyl groups is 1. The molecule has 0 spiro atoms. The molecule has 0 amide bonds. The van der Waals surface area contributed by atoms with Gasteiger partial charge < -0.3 is 29.6 Å². The molecule has 2 aliphatic rings. The molecule has 2 aliphatic heterocycles. The van der Waals surface area contributed by atoms with Crippen molar-refractivity contribution in [3.63, 3.8) is 0 Å². The van der Waals surface area contributed by atoms with Crippen LogP contribution < -0.4 is 15.3 Å². The summed E-state index contributed by atoms with van der Waals surface area (Å²) < 4.78 is 43.3. The molecule has 3 aromatic rings. The zero-order valence-corrected chi connectivity index (χ0v) is 20.3. The van der Waals surface area contributed by atoms with Crippen LogP contribution in [-0.4, -0.2) is 74.8 Å². The Labute approximate surface area is 205 Å². The zero-order chi connectivity index (χ0) is 25.5. The van der Waals surface area contributed by atoms with Crippen LogP contribution in [0.2, 0.25) is 0 Å². The first-order valence-electron chi connectivity index (χ1n) is 11.0. The minimum absolute atomic E-state index is 0.0308. The average molecular weight is 520 g/mol. The Balaban J connectivity index is 1.38. The number of benzene rings is 1. The van der Waals surface area contributed by atoms with Crippen LogP contribution in [0.25, 0.3) is 11.2 Å². The number of carbonyl (C=O) groups excluding carboxylic acids is 1. The summed E-state index contributed by atoms with van der Waals surface area (Å²) in [5, 5.41) is 13.6. The topological polar surface area (TPSA) is 182 Å². The number of para-hydroxylation sites is 1. The molecule has 4 heterocycles. The van der Waals surface area contributed by atoms with Crippen molar-refractivity contribution in [2.75, 3.05) is 26.1 Å². The molecular weight excluding hydrogens is 495 g/mol. The Hall–Kier alpha value is -3.13. The highest BCUT2D eigenvalue weighted by atomic mass is 31.2. The lowest BCUT2D eigenvalue weighted by molar-refractivity contribution is -0.183. The van der Waals surface area contributed by atoms with Crippen LogP contribution in [0.1, 0.15) is 13.2 Å². The molecule has 0 saturated carbocycles. The highest BCUT2D eigenvalue weighted by molar-refractivity contribution is 7.52. The number of hydrogen-bond acceptors (Lipinski definition) is 12. The minimum Gasteiger partial charge on any atom is -0.468 e. The number of hydrogen-bond donors (Lipinski definition) is 3. The summed E-state index contributed by atoms with van der Waals surface area (Å²) in [6.07, 6.45) is 0.0353. The molecule has 4 N–H and O–H groups in total. The summed E-state index contributed by atoms with van der Waals surface area (Å²) in [6.45, 7) is 1.05. The van der Waals surface area contributed by atoms with Gasteiger partial charge in [-0.1, -0.05) is 18.2 Å². The molecule has 1 unspecified atom stereocenters. The van der Waals surface area contributed by atoms with E-state index in [1.54, 1.807) is 34.9 Å². The van der Waals surface area contributed by atoms with Crippen LogP contribution in [-0.2, 0) is 28.1 Å². The van der Waals surface area contributed by atoms with Crippen molar-refractivity contribution in [3.8, 4) is 5.75 Å². The highest BCUT2D eigenvalue weighted by Gasteiger charge is 2.63. The highest BCUT2D eigenvalue weighted by Crippen LogP contribution is 2.50. The Morgan fingerprint density at radius 2 is 2.14 bits per heavy atom. The van der Waals surface area contributed by atoms with Crippen molar-refractivity contribution >= 4 is 30.7 Å². The van der Waals surface area contributed by atoms with Gasteiger partial charge in [-0.3, -0.25) is 13.9 Å². The van der Waals surface area contributed by atoms with E-state index in [0.717, 1.165) is 0 Å². The fourth-order valence-corrected chi connectivity index (χ4v) is 5.71. The molecule has 0 radical (unpaired) electrons. The number of nitrogen functional groups attached to an aromatic ring is 1. The fraction of sp³-hybridized carbons (Fsp3) is 0.429. The van der Waals surface area contributed by atoms with Gasteiger partial charge in [-0.25, -0.2) is 19.5 Å². The number of methoxy groups -OCH3 is 1. The van der Waals surface area contributed by atoms with Crippen molar-refractivity contribution in [2.45, 2.75) is 37.0 Å². The number of esters is 1. The summed E-state index contributed by atoms with van der Waals surface area (Å²) >= 11 is 0. The number of carbonyl (C=O) groups is 1. The maximum Gasteiger partial charge on any atom is 0.459 e. The molecule has 0 aliphatic carbocycles. The third kappa shape index (κ3) is 4.32. The number of ether oxygens (including phenoxy) is 3. The van der Waals surface area contributed by atoms with E-state index in [-0.39, 0.29) is 24.8 Å². The number of nitrogens with zero attached hydrogens (tertiary/aromatic N) is 4. The number of nitrogens with two attached hydrogens (primary N) is 1. The van der Waals surface area contributed by atoms with Gasteiger partial charge in [-0.05, 0) is 19.1 Å². The van der Waals surface area contributed by atoms with Crippen molar-refractivity contribution in [2.24, 2.45) is 0 Å². The van der Waals surface area contributed by atoms with Crippen LogP contribution in [0.4, 0.5) is 5.82 Å². The first-order valence-corrected chi connectivity index (χ1v) is 12.5. The monoisotopic (exact) mass is 520 g/mol. The average Bonchev–Trinajstić information content (AvgIpc) is 3.53. The second-order valence-corrected chi connectivity index (χ2v) is 10.1. The first kappa shape index (κ1) is 24.6. The predicted molar refractivity (Wildman–Crippen MR) is 124 cm³/mol. The Morgan fingerprint density at radius 3 is 2.89 bits per heavy atom. The Morgan fingerprint density at radius 1 is 1.36 bits per heavy atom.